The van der Waals surface area contributed by atoms with Crippen molar-refractivity contribution in [2.75, 3.05) is 33.7 Å². The molecule has 0 spiro atoms. The summed E-state index contributed by atoms with van der Waals surface area (Å²) in [6.07, 6.45) is 0.960. The van der Waals surface area contributed by atoms with Gasteiger partial charge in [0.2, 0.25) is 5.91 Å². The number of carbonyl (C=O) groups is 1. The highest BCUT2D eigenvalue weighted by Gasteiger charge is 2.27. The number of rotatable bonds is 7. The molecular formula is C21H35N5O. The number of guanidine groups is 1. The highest BCUT2D eigenvalue weighted by molar-refractivity contribution is 5.81. The second-order valence-electron chi connectivity index (χ2n) is 7.82. The summed E-state index contributed by atoms with van der Waals surface area (Å²) >= 11 is 0. The number of carbonyl (C=O) groups excluding carboxylic acids is 1. The van der Waals surface area contributed by atoms with Gasteiger partial charge in [0.05, 0.1) is 6.54 Å². The van der Waals surface area contributed by atoms with Gasteiger partial charge in [0.15, 0.2) is 5.96 Å². The van der Waals surface area contributed by atoms with Crippen LogP contribution in [0, 0.1) is 5.92 Å². The first-order chi connectivity index (χ1) is 12.9. The summed E-state index contributed by atoms with van der Waals surface area (Å²) in [5.74, 6) is 1.11. The van der Waals surface area contributed by atoms with Gasteiger partial charge >= 0.3 is 0 Å². The first kappa shape index (κ1) is 21.2. The summed E-state index contributed by atoms with van der Waals surface area (Å²) in [6.45, 7) is 9.93. The van der Waals surface area contributed by atoms with Crippen LogP contribution in [0.2, 0.25) is 0 Å². The molecule has 1 aliphatic rings. The lowest BCUT2D eigenvalue weighted by atomic mass is 10.1. The van der Waals surface area contributed by atoms with E-state index in [-0.39, 0.29) is 17.9 Å². The summed E-state index contributed by atoms with van der Waals surface area (Å²) in [5.41, 5.74) is 2.50. The fraction of sp³-hybridized carbons (Fsp3) is 0.619. The zero-order chi connectivity index (χ0) is 19.8. The molecule has 1 fully saturated rings. The van der Waals surface area contributed by atoms with E-state index in [1.807, 2.05) is 18.7 Å². The fourth-order valence-corrected chi connectivity index (χ4v) is 3.32. The minimum Gasteiger partial charge on any atom is -0.357 e. The predicted molar refractivity (Wildman–Crippen MR) is 112 cm³/mol. The molecular weight excluding hydrogens is 338 g/mol. The molecule has 1 aliphatic heterocycles. The van der Waals surface area contributed by atoms with Crippen LogP contribution in [0.5, 0.6) is 0 Å². The van der Waals surface area contributed by atoms with E-state index in [0.717, 1.165) is 38.6 Å². The minimum atomic E-state index is 0.0556. The molecule has 1 amide bonds. The van der Waals surface area contributed by atoms with Gasteiger partial charge in [-0.2, -0.15) is 0 Å². The Labute approximate surface area is 164 Å². The lowest BCUT2D eigenvalue weighted by Crippen LogP contribution is -2.45. The molecule has 1 saturated heterocycles. The molecule has 1 heterocycles. The number of hydrogen-bond acceptors (Lipinski definition) is 3. The SMILES string of the molecule is CCNC(=NCc1cccc(CN(C)C)c1)NC1CCN(C(=O)C(C)C)C1. The Morgan fingerprint density at radius 1 is 1.33 bits per heavy atom. The van der Waals surface area contributed by atoms with Crippen LogP contribution in [0.4, 0.5) is 0 Å². The Balaban J connectivity index is 1.96. The third-order valence-electron chi connectivity index (χ3n) is 4.59. The molecule has 2 N–H and O–H groups in total. The number of nitrogens with zero attached hydrogens (tertiary/aromatic N) is 3. The van der Waals surface area contributed by atoms with E-state index in [4.69, 9.17) is 4.99 Å². The second-order valence-corrected chi connectivity index (χ2v) is 7.82. The van der Waals surface area contributed by atoms with Crippen LogP contribution in [-0.4, -0.2) is 61.4 Å². The number of likely N-dealkylation sites (tertiary alicyclic amines) is 1. The van der Waals surface area contributed by atoms with Crippen LogP contribution in [0.3, 0.4) is 0 Å². The maximum atomic E-state index is 12.2. The summed E-state index contributed by atoms with van der Waals surface area (Å²) in [5, 5.41) is 6.82. The van der Waals surface area contributed by atoms with Crippen LogP contribution in [-0.2, 0) is 17.9 Å². The smallest absolute Gasteiger partial charge is 0.225 e. The second kappa shape index (κ2) is 10.3. The predicted octanol–water partition coefficient (Wildman–Crippen LogP) is 2.06. The normalized spacial score (nSPS) is 17.7. The molecule has 0 bridgehead atoms. The highest BCUT2D eigenvalue weighted by Crippen LogP contribution is 2.13. The Hall–Kier alpha value is -2.08. The summed E-state index contributed by atoms with van der Waals surface area (Å²) in [6, 6.07) is 8.83. The molecule has 6 nitrogen and oxygen atoms in total. The van der Waals surface area contributed by atoms with E-state index in [0.29, 0.717) is 6.54 Å². The minimum absolute atomic E-state index is 0.0556. The first-order valence-electron chi connectivity index (χ1n) is 9.95. The van der Waals surface area contributed by atoms with Crippen LogP contribution in [0.15, 0.2) is 29.3 Å². The maximum Gasteiger partial charge on any atom is 0.225 e. The van der Waals surface area contributed by atoms with Gasteiger partial charge in [0.25, 0.3) is 0 Å². The zero-order valence-corrected chi connectivity index (χ0v) is 17.5. The van der Waals surface area contributed by atoms with E-state index in [9.17, 15) is 4.79 Å². The van der Waals surface area contributed by atoms with Crippen molar-refractivity contribution in [2.24, 2.45) is 10.9 Å². The standard InChI is InChI=1S/C21H35N5O/c1-6-22-21(24-19-10-11-26(15-19)20(27)16(2)3)23-13-17-8-7-9-18(12-17)14-25(4)5/h7-9,12,16,19H,6,10-11,13-15H2,1-5H3,(H2,22,23,24). The molecule has 1 unspecified atom stereocenters. The molecule has 0 aliphatic carbocycles. The molecule has 150 valence electrons. The number of benzene rings is 1. The molecule has 1 aromatic carbocycles. The van der Waals surface area contributed by atoms with Crippen molar-refractivity contribution in [3.63, 3.8) is 0 Å². The van der Waals surface area contributed by atoms with Crippen molar-refractivity contribution in [3.05, 3.63) is 35.4 Å². The van der Waals surface area contributed by atoms with E-state index >= 15 is 0 Å². The largest absolute Gasteiger partial charge is 0.357 e. The molecule has 6 heteroatoms. The van der Waals surface area contributed by atoms with E-state index in [1.165, 1.54) is 11.1 Å². The van der Waals surface area contributed by atoms with Gasteiger partial charge in [-0.05, 0) is 38.6 Å². The fourth-order valence-electron chi connectivity index (χ4n) is 3.32. The van der Waals surface area contributed by atoms with Crippen LogP contribution >= 0.6 is 0 Å². The van der Waals surface area contributed by atoms with Crippen LogP contribution in [0.1, 0.15) is 38.3 Å². The van der Waals surface area contributed by atoms with Crippen molar-refractivity contribution in [1.82, 2.24) is 20.4 Å². The van der Waals surface area contributed by atoms with Gasteiger partial charge in [0, 0.05) is 38.1 Å². The average molecular weight is 374 g/mol. The number of amides is 1. The number of aliphatic imine (C=N–C) groups is 1. The van der Waals surface area contributed by atoms with E-state index in [1.54, 1.807) is 0 Å². The molecule has 0 radical (unpaired) electrons. The topological polar surface area (TPSA) is 60.0 Å². The van der Waals surface area contributed by atoms with E-state index < -0.39 is 0 Å². The van der Waals surface area contributed by atoms with Crippen molar-refractivity contribution in [3.8, 4) is 0 Å². The lowest BCUT2D eigenvalue weighted by Gasteiger charge is -2.20. The van der Waals surface area contributed by atoms with Crippen molar-refractivity contribution in [1.29, 1.82) is 0 Å². The van der Waals surface area contributed by atoms with Gasteiger partial charge in [-0.25, -0.2) is 4.99 Å². The quantitative estimate of drug-likeness (QED) is 0.567. The van der Waals surface area contributed by atoms with Crippen LogP contribution < -0.4 is 10.6 Å². The van der Waals surface area contributed by atoms with Crippen molar-refractivity contribution >= 4 is 11.9 Å². The molecule has 27 heavy (non-hydrogen) atoms. The third-order valence-corrected chi connectivity index (χ3v) is 4.59. The molecule has 0 saturated carbocycles. The van der Waals surface area contributed by atoms with Gasteiger partial charge in [-0.15, -0.1) is 0 Å². The Kier molecular flexibility index (Phi) is 8.10. The Morgan fingerprint density at radius 3 is 2.74 bits per heavy atom. The van der Waals surface area contributed by atoms with Gasteiger partial charge in [0.1, 0.15) is 0 Å². The first-order valence-corrected chi connectivity index (χ1v) is 9.95. The molecule has 2 rings (SSSR count). The number of nitrogens with one attached hydrogen (secondary N) is 2. The average Bonchev–Trinajstić information content (AvgIpc) is 3.07. The highest BCUT2D eigenvalue weighted by atomic mass is 16.2. The maximum absolute atomic E-state index is 12.2. The summed E-state index contributed by atoms with van der Waals surface area (Å²) in [4.78, 5) is 21.0. The molecule has 1 aromatic rings. The third kappa shape index (κ3) is 6.86. The summed E-state index contributed by atoms with van der Waals surface area (Å²) < 4.78 is 0. The Morgan fingerprint density at radius 2 is 2.07 bits per heavy atom. The van der Waals surface area contributed by atoms with E-state index in [2.05, 4.69) is 60.8 Å². The lowest BCUT2D eigenvalue weighted by molar-refractivity contribution is -0.133. The zero-order valence-electron chi connectivity index (χ0n) is 17.5. The summed E-state index contributed by atoms with van der Waals surface area (Å²) in [7, 11) is 4.15. The van der Waals surface area contributed by atoms with Crippen LogP contribution in [0.25, 0.3) is 0 Å². The Bertz CT molecular complexity index is 641. The van der Waals surface area contributed by atoms with Gasteiger partial charge in [-0.3, -0.25) is 4.79 Å². The number of hydrogen-bond donors (Lipinski definition) is 2. The molecule has 1 atom stereocenters. The van der Waals surface area contributed by atoms with Crippen molar-refractivity contribution < 1.29 is 4.79 Å². The monoisotopic (exact) mass is 373 g/mol. The van der Waals surface area contributed by atoms with Gasteiger partial charge in [-0.1, -0.05) is 38.1 Å². The van der Waals surface area contributed by atoms with Crippen molar-refractivity contribution in [2.45, 2.75) is 46.3 Å². The van der Waals surface area contributed by atoms with Gasteiger partial charge < -0.3 is 20.4 Å². The molecule has 0 aromatic heterocycles.